The van der Waals surface area contributed by atoms with Crippen molar-refractivity contribution in [2.24, 2.45) is 0 Å². The molecule has 0 amide bonds. The molecule has 4 nitrogen and oxygen atoms in total. The van der Waals surface area contributed by atoms with Crippen molar-refractivity contribution in [3.8, 4) is 0 Å². The Morgan fingerprint density at radius 3 is 2.90 bits per heavy atom. The summed E-state index contributed by atoms with van der Waals surface area (Å²) in [6.07, 6.45) is 3.74. The van der Waals surface area contributed by atoms with Gasteiger partial charge in [0.2, 0.25) is 5.95 Å². The second kappa shape index (κ2) is 5.04. The Balaban J connectivity index is 1.83. The van der Waals surface area contributed by atoms with Gasteiger partial charge < -0.3 is 5.32 Å². The molecule has 0 unspecified atom stereocenters. The van der Waals surface area contributed by atoms with E-state index >= 15 is 0 Å². The van der Waals surface area contributed by atoms with E-state index in [1.165, 1.54) is 18.1 Å². The molecule has 0 spiro atoms. The van der Waals surface area contributed by atoms with Gasteiger partial charge in [-0.05, 0) is 37.8 Å². The number of ketones is 1. The Hall–Kier alpha value is -2.23. The lowest BCUT2D eigenvalue weighted by Gasteiger charge is -2.14. The van der Waals surface area contributed by atoms with Crippen LogP contribution in [0.4, 0.5) is 5.95 Å². The number of hydrogen-bond acceptors (Lipinski definition) is 4. The third-order valence-corrected chi connectivity index (χ3v) is 3.79. The molecular weight excluding hydrogens is 250 g/mol. The third kappa shape index (κ3) is 2.29. The van der Waals surface area contributed by atoms with Gasteiger partial charge in [-0.25, -0.2) is 9.97 Å². The van der Waals surface area contributed by atoms with Crippen LogP contribution in [0.1, 0.15) is 46.6 Å². The number of benzene rings is 1. The minimum atomic E-state index is 0.000243. The van der Waals surface area contributed by atoms with Gasteiger partial charge in [0.1, 0.15) is 0 Å². The highest BCUT2D eigenvalue weighted by atomic mass is 16.1. The maximum Gasteiger partial charge on any atom is 0.223 e. The number of anilines is 1. The van der Waals surface area contributed by atoms with Gasteiger partial charge in [0.15, 0.2) is 5.78 Å². The van der Waals surface area contributed by atoms with Gasteiger partial charge in [0, 0.05) is 6.20 Å². The van der Waals surface area contributed by atoms with E-state index in [9.17, 15) is 4.79 Å². The average Bonchev–Trinajstić information content (AvgIpc) is 2.82. The number of carbonyl (C=O) groups is 1. The van der Waals surface area contributed by atoms with E-state index in [1.54, 1.807) is 6.20 Å². The summed E-state index contributed by atoms with van der Waals surface area (Å²) >= 11 is 0. The molecule has 1 aromatic heterocycles. The number of fused-ring (bicyclic) bond motifs is 1. The summed E-state index contributed by atoms with van der Waals surface area (Å²) in [6.45, 7) is 3.37. The molecule has 0 fully saturated rings. The zero-order chi connectivity index (χ0) is 14.1. The van der Waals surface area contributed by atoms with Crippen LogP contribution in [0.5, 0.6) is 0 Å². The molecule has 1 aliphatic rings. The van der Waals surface area contributed by atoms with Crippen LogP contribution in [0, 0.1) is 6.92 Å². The summed E-state index contributed by atoms with van der Waals surface area (Å²) in [5, 5.41) is 3.37. The molecule has 1 N–H and O–H groups in total. The Bertz CT molecular complexity index is 667. The number of nitrogens with one attached hydrogen (secondary N) is 1. The number of aryl methyl sites for hydroxylation is 2. The van der Waals surface area contributed by atoms with E-state index < -0.39 is 0 Å². The first-order valence-electron chi connectivity index (χ1n) is 6.84. The summed E-state index contributed by atoms with van der Waals surface area (Å²) in [5.74, 6) is 0.592. The summed E-state index contributed by atoms with van der Waals surface area (Å²) in [6, 6.07) is 8.71. The maximum absolute atomic E-state index is 11.4. The number of carbonyl (C=O) groups excluding carboxylic acids is 1. The van der Waals surface area contributed by atoms with Crippen LogP contribution in [0.3, 0.4) is 0 Å². The fourth-order valence-electron chi connectivity index (χ4n) is 2.75. The third-order valence-electron chi connectivity index (χ3n) is 3.79. The zero-order valence-electron chi connectivity index (χ0n) is 11.7. The molecule has 2 aromatic rings. The first-order valence-corrected chi connectivity index (χ1v) is 6.84. The monoisotopic (exact) mass is 267 g/mol. The van der Waals surface area contributed by atoms with Crippen LogP contribution in [0.2, 0.25) is 0 Å². The average molecular weight is 267 g/mol. The highest BCUT2D eigenvalue weighted by molar-refractivity contribution is 5.94. The SMILES string of the molecule is CC(=O)c1cnc(N[C@H]2CCc3ccccc32)nc1C. The fourth-order valence-corrected chi connectivity index (χ4v) is 2.75. The Morgan fingerprint density at radius 2 is 2.15 bits per heavy atom. The molecule has 0 saturated heterocycles. The quantitative estimate of drug-likeness (QED) is 0.868. The van der Waals surface area contributed by atoms with Gasteiger partial charge in [0.25, 0.3) is 0 Å². The van der Waals surface area contributed by atoms with Gasteiger partial charge in [-0.1, -0.05) is 24.3 Å². The lowest BCUT2D eigenvalue weighted by atomic mass is 10.1. The van der Waals surface area contributed by atoms with Crippen molar-refractivity contribution < 1.29 is 4.79 Å². The van der Waals surface area contributed by atoms with Crippen LogP contribution in [-0.4, -0.2) is 15.8 Å². The van der Waals surface area contributed by atoms with Crippen molar-refractivity contribution in [1.82, 2.24) is 9.97 Å². The molecular formula is C16H17N3O. The molecule has 0 aliphatic heterocycles. The van der Waals surface area contributed by atoms with E-state index in [2.05, 4.69) is 39.6 Å². The predicted molar refractivity (Wildman–Crippen MR) is 77.9 cm³/mol. The van der Waals surface area contributed by atoms with E-state index in [-0.39, 0.29) is 11.8 Å². The van der Waals surface area contributed by atoms with Gasteiger partial charge in [-0.3, -0.25) is 4.79 Å². The highest BCUT2D eigenvalue weighted by Gasteiger charge is 2.22. The Morgan fingerprint density at radius 1 is 1.35 bits per heavy atom. The molecule has 20 heavy (non-hydrogen) atoms. The first-order chi connectivity index (χ1) is 9.65. The second-order valence-corrected chi connectivity index (χ2v) is 5.18. The predicted octanol–water partition coefficient (Wildman–Crippen LogP) is 3.09. The fraction of sp³-hybridized carbons (Fsp3) is 0.312. The van der Waals surface area contributed by atoms with Crippen LogP contribution < -0.4 is 5.32 Å². The standard InChI is InChI=1S/C16H17N3O/c1-10-14(11(2)20)9-17-16(18-10)19-15-8-7-12-5-3-4-6-13(12)15/h3-6,9,15H,7-8H2,1-2H3,(H,17,18,19)/t15-/m0/s1. The highest BCUT2D eigenvalue weighted by Crippen LogP contribution is 2.32. The summed E-state index contributed by atoms with van der Waals surface area (Å²) in [7, 11) is 0. The van der Waals surface area contributed by atoms with E-state index in [4.69, 9.17) is 0 Å². The largest absolute Gasteiger partial charge is 0.347 e. The minimum absolute atomic E-state index is 0.000243. The van der Waals surface area contributed by atoms with Gasteiger partial charge in [-0.15, -0.1) is 0 Å². The maximum atomic E-state index is 11.4. The topological polar surface area (TPSA) is 54.9 Å². The minimum Gasteiger partial charge on any atom is -0.347 e. The summed E-state index contributed by atoms with van der Waals surface area (Å²) in [5.41, 5.74) is 4.02. The van der Waals surface area contributed by atoms with Gasteiger partial charge in [-0.2, -0.15) is 0 Å². The lowest BCUT2D eigenvalue weighted by Crippen LogP contribution is -2.11. The number of rotatable bonds is 3. The van der Waals surface area contributed by atoms with Crippen molar-refractivity contribution in [1.29, 1.82) is 0 Å². The zero-order valence-corrected chi connectivity index (χ0v) is 11.7. The summed E-state index contributed by atoms with van der Waals surface area (Å²) < 4.78 is 0. The molecule has 1 aliphatic carbocycles. The Kier molecular flexibility index (Phi) is 3.22. The number of Topliss-reactive ketones (excluding diaryl/α,β-unsaturated/α-hetero) is 1. The molecule has 4 heteroatoms. The molecule has 102 valence electrons. The molecule has 0 bridgehead atoms. The molecule has 1 aromatic carbocycles. The number of nitrogens with zero attached hydrogens (tertiary/aromatic N) is 2. The molecule has 0 saturated carbocycles. The van der Waals surface area contributed by atoms with Crippen LogP contribution in [0.25, 0.3) is 0 Å². The van der Waals surface area contributed by atoms with E-state index in [1.807, 2.05) is 6.92 Å². The van der Waals surface area contributed by atoms with Crippen molar-refractivity contribution >= 4 is 11.7 Å². The molecule has 0 radical (unpaired) electrons. The van der Waals surface area contributed by atoms with Crippen molar-refractivity contribution in [3.05, 3.63) is 52.8 Å². The van der Waals surface area contributed by atoms with Crippen molar-refractivity contribution in [3.63, 3.8) is 0 Å². The molecule has 1 heterocycles. The smallest absolute Gasteiger partial charge is 0.223 e. The van der Waals surface area contributed by atoms with Crippen LogP contribution in [-0.2, 0) is 6.42 Å². The molecule has 1 atom stereocenters. The Labute approximate surface area is 118 Å². The first kappa shape index (κ1) is 12.8. The van der Waals surface area contributed by atoms with Crippen LogP contribution >= 0.6 is 0 Å². The summed E-state index contributed by atoms with van der Waals surface area (Å²) in [4.78, 5) is 20.0. The van der Waals surface area contributed by atoms with Crippen molar-refractivity contribution in [2.75, 3.05) is 5.32 Å². The van der Waals surface area contributed by atoms with Crippen molar-refractivity contribution in [2.45, 2.75) is 32.7 Å². The molecule has 3 rings (SSSR count). The van der Waals surface area contributed by atoms with E-state index in [0.29, 0.717) is 11.5 Å². The van der Waals surface area contributed by atoms with Crippen LogP contribution in [0.15, 0.2) is 30.5 Å². The number of hydrogen-bond donors (Lipinski definition) is 1. The van der Waals surface area contributed by atoms with E-state index in [0.717, 1.165) is 18.5 Å². The second-order valence-electron chi connectivity index (χ2n) is 5.18. The number of aromatic nitrogens is 2. The van der Waals surface area contributed by atoms with Gasteiger partial charge in [0.05, 0.1) is 17.3 Å². The lowest BCUT2D eigenvalue weighted by molar-refractivity contribution is 0.101. The normalized spacial score (nSPS) is 16.8. The van der Waals surface area contributed by atoms with Gasteiger partial charge >= 0.3 is 0 Å².